The number of para-hydroxylation sites is 3. The number of halogens is 1. The van der Waals surface area contributed by atoms with Gasteiger partial charge < -0.3 is 25.6 Å². The van der Waals surface area contributed by atoms with Crippen molar-refractivity contribution in [1.82, 2.24) is 5.32 Å². The molecule has 3 amide bonds. The normalized spacial score (nSPS) is 17.2. The first-order valence-electron chi connectivity index (χ1n) is 11.5. The van der Waals surface area contributed by atoms with Crippen molar-refractivity contribution >= 4 is 41.5 Å². The number of anilines is 2. The van der Waals surface area contributed by atoms with Crippen LogP contribution < -0.4 is 25.6 Å². The number of carbonyl (C=O) groups is 3. The van der Waals surface area contributed by atoms with Crippen LogP contribution in [-0.2, 0) is 20.9 Å². The highest BCUT2D eigenvalue weighted by molar-refractivity contribution is 6.08. The van der Waals surface area contributed by atoms with E-state index in [2.05, 4.69) is 5.32 Å². The Bertz CT molecular complexity index is 1080. The molecular weight excluding hydrogens is 468 g/mol. The van der Waals surface area contributed by atoms with E-state index in [1.807, 2.05) is 62.4 Å². The van der Waals surface area contributed by atoms with Gasteiger partial charge in [-0.15, -0.1) is 12.4 Å². The van der Waals surface area contributed by atoms with E-state index in [-0.39, 0.29) is 43.2 Å². The Morgan fingerprint density at radius 3 is 2.31 bits per heavy atom. The third-order valence-corrected chi connectivity index (χ3v) is 6.53. The number of methoxy groups -OCH3 is 1. The summed E-state index contributed by atoms with van der Waals surface area (Å²) in [6.07, 6.45) is 0.314. The summed E-state index contributed by atoms with van der Waals surface area (Å²) >= 11 is 0. The second kappa shape index (κ2) is 11.6. The number of hydrogen-bond donors (Lipinski definition) is 2. The summed E-state index contributed by atoms with van der Waals surface area (Å²) < 4.78 is 5.51. The quantitative estimate of drug-likeness (QED) is 0.577. The average molecular weight is 503 g/mol. The fourth-order valence-corrected chi connectivity index (χ4v) is 4.35. The fraction of sp³-hybridized carbons (Fsp3) is 0.423. The van der Waals surface area contributed by atoms with Gasteiger partial charge in [0.25, 0.3) is 0 Å². The van der Waals surface area contributed by atoms with Crippen LogP contribution in [0.25, 0.3) is 0 Å². The molecule has 0 aromatic heterocycles. The highest BCUT2D eigenvalue weighted by Gasteiger charge is 2.48. The van der Waals surface area contributed by atoms with E-state index in [0.717, 1.165) is 5.56 Å². The van der Waals surface area contributed by atoms with Crippen molar-refractivity contribution in [2.24, 2.45) is 17.6 Å². The lowest BCUT2D eigenvalue weighted by Crippen LogP contribution is -2.63. The number of likely N-dealkylation sites (N-methyl/N-ethyl adjacent to an activating group) is 1. The van der Waals surface area contributed by atoms with Gasteiger partial charge in [-0.3, -0.25) is 14.4 Å². The maximum absolute atomic E-state index is 14.1. The summed E-state index contributed by atoms with van der Waals surface area (Å²) in [7, 11) is 3.18. The van der Waals surface area contributed by atoms with Crippen LogP contribution in [0.1, 0.15) is 32.8 Å². The molecule has 0 bridgehead atoms. The summed E-state index contributed by atoms with van der Waals surface area (Å²) in [5.41, 5.74) is 6.44. The minimum absolute atomic E-state index is 0. The van der Waals surface area contributed by atoms with E-state index in [1.165, 1.54) is 0 Å². The Kier molecular flexibility index (Phi) is 9.29. The molecule has 1 aliphatic heterocycles. The predicted octanol–water partition coefficient (Wildman–Crippen LogP) is 3.12. The number of fused-ring (bicyclic) bond motifs is 1. The number of nitrogens with one attached hydrogen (secondary N) is 1. The second-order valence-electron chi connectivity index (χ2n) is 9.20. The Hall–Kier alpha value is -3.10. The number of nitrogens with zero attached hydrogens (tertiary/aromatic N) is 2. The Balaban J connectivity index is 0.00000432. The van der Waals surface area contributed by atoms with Gasteiger partial charge in [-0.1, -0.05) is 44.2 Å². The smallest absolute Gasteiger partial charge is 0.238 e. The Morgan fingerprint density at radius 1 is 1.14 bits per heavy atom. The van der Waals surface area contributed by atoms with Crippen molar-refractivity contribution in [3.05, 3.63) is 54.1 Å². The van der Waals surface area contributed by atoms with E-state index >= 15 is 0 Å². The first kappa shape index (κ1) is 28.1. The molecule has 0 saturated heterocycles. The van der Waals surface area contributed by atoms with Gasteiger partial charge in [0, 0.05) is 18.5 Å². The molecule has 1 unspecified atom stereocenters. The molecule has 0 fully saturated rings. The monoisotopic (exact) mass is 502 g/mol. The minimum Gasteiger partial charge on any atom is -0.496 e. The molecule has 3 rings (SSSR count). The zero-order chi connectivity index (χ0) is 25.0. The summed E-state index contributed by atoms with van der Waals surface area (Å²) in [6.45, 7) is 5.80. The molecule has 2 aromatic rings. The maximum atomic E-state index is 14.1. The van der Waals surface area contributed by atoms with Crippen LogP contribution in [0.2, 0.25) is 0 Å². The highest BCUT2D eigenvalue weighted by Crippen LogP contribution is 2.39. The number of carbonyl (C=O) groups excluding carboxylic acids is 3. The zero-order valence-electron chi connectivity index (χ0n) is 20.9. The average Bonchev–Trinajstić information content (AvgIpc) is 2.93. The van der Waals surface area contributed by atoms with Gasteiger partial charge in [-0.25, -0.2) is 0 Å². The van der Waals surface area contributed by atoms with Crippen molar-refractivity contribution in [2.45, 2.75) is 39.3 Å². The van der Waals surface area contributed by atoms with Crippen LogP contribution >= 0.6 is 12.4 Å². The molecule has 9 heteroatoms. The van der Waals surface area contributed by atoms with Gasteiger partial charge in [0.05, 0.1) is 30.9 Å². The third-order valence-electron chi connectivity index (χ3n) is 6.53. The van der Waals surface area contributed by atoms with Crippen LogP contribution in [0.3, 0.4) is 0 Å². The number of primary amides is 1. The molecule has 2 atom stereocenters. The van der Waals surface area contributed by atoms with Crippen molar-refractivity contribution in [3.63, 3.8) is 0 Å². The van der Waals surface area contributed by atoms with E-state index < -0.39 is 17.4 Å². The lowest BCUT2D eigenvalue weighted by Gasteiger charge is -2.36. The van der Waals surface area contributed by atoms with Crippen LogP contribution in [0.5, 0.6) is 5.75 Å². The molecule has 3 N–H and O–H groups in total. The van der Waals surface area contributed by atoms with Gasteiger partial charge in [0.15, 0.2) is 0 Å². The summed E-state index contributed by atoms with van der Waals surface area (Å²) in [5, 5.41) is 2.96. The molecule has 190 valence electrons. The largest absolute Gasteiger partial charge is 0.496 e. The molecule has 8 nitrogen and oxygen atoms in total. The fourth-order valence-electron chi connectivity index (χ4n) is 4.35. The Morgan fingerprint density at radius 2 is 1.74 bits per heavy atom. The van der Waals surface area contributed by atoms with E-state index in [4.69, 9.17) is 10.5 Å². The number of rotatable bonds is 8. The predicted molar refractivity (Wildman–Crippen MR) is 140 cm³/mol. The highest BCUT2D eigenvalue weighted by atomic mass is 35.5. The molecule has 0 saturated carbocycles. The number of nitrogens with two attached hydrogens (primary N) is 1. The molecule has 1 aliphatic rings. The van der Waals surface area contributed by atoms with Gasteiger partial charge in [0.1, 0.15) is 11.3 Å². The molecule has 0 spiro atoms. The van der Waals surface area contributed by atoms with E-state index in [0.29, 0.717) is 23.5 Å². The minimum atomic E-state index is -1.37. The van der Waals surface area contributed by atoms with Gasteiger partial charge in [0.2, 0.25) is 17.7 Å². The topological polar surface area (TPSA) is 105 Å². The molecule has 0 aliphatic carbocycles. The third kappa shape index (κ3) is 5.60. The van der Waals surface area contributed by atoms with E-state index in [9.17, 15) is 14.4 Å². The van der Waals surface area contributed by atoms with Crippen LogP contribution in [-0.4, -0.2) is 44.0 Å². The standard InChI is InChI=1S/C26H34N4O4.ClH/c1-17(2)14-23(31)29-16-19(26(3,28-4)25(27)33)24(32)30(21-12-8-7-11-20(21)29)15-18-10-6-9-13-22(18)34-5;/h6-13,17,19,28H,14-16H2,1-5H3,(H2,27,33);1H/t19-,26?;/m1./s1. The lowest BCUT2D eigenvalue weighted by molar-refractivity contribution is -0.133. The van der Waals surface area contributed by atoms with Gasteiger partial charge in [-0.2, -0.15) is 0 Å². The van der Waals surface area contributed by atoms with Crippen LogP contribution in [0, 0.1) is 11.8 Å². The molecular formula is C26H35ClN4O4. The zero-order valence-corrected chi connectivity index (χ0v) is 21.7. The molecule has 2 aromatic carbocycles. The van der Waals surface area contributed by atoms with Crippen molar-refractivity contribution in [3.8, 4) is 5.75 Å². The molecule has 35 heavy (non-hydrogen) atoms. The number of benzene rings is 2. The van der Waals surface area contributed by atoms with E-state index in [1.54, 1.807) is 30.9 Å². The summed E-state index contributed by atoms with van der Waals surface area (Å²) in [6, 6.07) is 14.8. The van der Waals surface area contributed by atoms with Crippen molar-refractivity contribution < 1.29 is 19.1 Å². The van der Waals surface area contributed by atoms with Gasteiger partial charge >= 0.3 is 0 Å². The van der Waals surface area contributed by atoms with Crippen LogP contribution in [0.4, 0.5) is 11.4 Å². The first-order chi connectivity index (χ1) is 16.1. The first-order valence-corrected chi connectivity index (χ1v) is 11.5. The van der Waals surface area contributed by atoms with Crippen molar-refractivity contribution in [2.75, 3.05) is 30.5 Å². The lowest BCUT2D eigenvalue weighted by atomic mass is 9.83. The maximum Gasteiger partial charge on any atom is 0.238 e. The molecule has 0 radical (unpaired) electrons. The number of hydrogen-bond acceptors (Lipinski definition) is 5. The SMILES string of the molecule is CNC(C)(C(N)=O)[C@@H]1CN(C(=O)CC(C)C)c2ccccc2N(Cc2ccccc2OC)C1=O.Cl. The van der Waals surface area contributed by atoms with Gasteiger partial charge in [-0.05, 0) is 38.1 Å². The Labute approximate surface area is 213 Å². The van der Waals surface area contributed by atoms with Crippen LogP contribution in [0.15, 0.2) is 48.5 Å². The summed E-state index contributed by atoms with van der Waals surface area (Å²) in [5.74, 6) is -1.20. The number of ether oxygens (including phenoxy) is 1. The second-order valence-corrected chi connectivity index (χ2v) is 9.20. The van der Waals surface area contributed by atoms with Crippen molar-refractivity contribution in [1.29, 1.82) is 0 Å². The number of amides is 3. The molecule has 1 heterocycles. The summed E-state index contributed by atoms with van der Waals surface area (Å²) in [4.78, 5) is 43.3.